The van der Waals surface area contributed by atoms with E-state index in [0.717, 1.165) is 38.5 Å². The summed E-state index contributed by atoms with van der Waals surface area (Å²) >= 11 is 0. The van der Waals surface area contributed by atoms with E-state index in [1.165, 1.54) is 0 Å². The van der Waals surface area contributed by atoms with Crippen LogP contribution in [0.25, 0.3) is 0 Å². The fraction of sp³-hybridized carbons (Fsp3) is 0.875. The summed E-state index contributed by atoms with van der Waals surface area (Å²) in [5, 5.41) is 17.3. The van der Waals surface area contributed by atoms with Crippen LogP contribution >= 0.6 is 0 Å². The first-order valence-electron chi connectivity index (χ1n) is 8.64. The third-order valence-electron chi connectivity index (χ3n) is 5.89. The van der Waals surface area contributed by atoms with Gasteiger partial charge in [-0.3, -0.25) is 14.1 Å². The summed E-state index contributed by atoms with van der Waals surface area (Å²) in [5.74, 6) is -4.26. The quantitative estimate of drug-likeness (QED) is 0.619. The van der Waals surface area contributed by atoms with Gasteiger partial charge in [-0.1, -0.05) is 38.5 Å². The molecule has 0 bridgehead atoms. The Bertz CT molecular complexity index is 553. The summed E-state index contributed by atoms with van der Waals surface area (Å²) in [5.41, 5.74) is -1.96. The second kappa shape index (κ2) is 7.39. The summed E-state index contributed by atoms with van der Waals surface area (Å²) < 4.78 is 33.5. The van der Waals surface area contributed by atoms with Gasteiger partial charge in [0.15, 0.2) is 5.25 Å². The molecule has 138 valence electrons. The molecule has 0 aliphatic heterocycles. The van der Waals surface area contributed by atoms with Crippen molar-refractivity contribution in [3.05, 3.63) is 0 Å². The molecule has 1 unspecified atom stereocenters. The van der Waals surface area contributed by atoms with E-state index in [0.29, 0.717) is 25.7 Å². The van der Waals surface area contributed by atoms with Crippen molar-refractivity contribution in [3.8, 4) is 0 Å². The normalized spacial score (nSPS) is 22.9. The van der Waals surface area contributed by atoms with Crippen LogP contribution in [0.4, 0.5) is 0 Å². The highest BCUT2D eigenvalue weighted by Gasteiger charge is 2.63. The summed E-state index contributed by atoms with van der Waals surface area (Å²) in [7, 11) is -5.05. The van der Waals surface area contributed by atoms with Gasteiger partial charge < -0.3 is 10.2 Å². The highest BCUT2D eigenvalue weighted by atomic mass is 32.2. The zero-order chi connectivity index (χ0) is 18.0. The molecule has 0 spiro atoms. The third-order valence-corrected chi connectivity index (χ3v) is 7.08. The van der Waals surface area contributed by atoms with Crippen molar-refractivity contribution in [2.75, 3.05) is 0 Å². The van der Waals surface area contributed by atoms with Gasteiger partial charge in [0.05, 0.1) is 0 Å². The Morgan fingerprint density at radius 1 is 0.833 bits per heavy atom. The first-order valence-corrected chi connectivity index (χ1v) is 10.1. The van der Waals surface area contributed by atoms with E-state index in [1.54, 1.807) is 0 Å². The second-order valence-electron chi connectivity index (χ2n) is 7.14. The zero-order valence-electron chi connectivity index (χ0n) is 13.7. The molecule has 0 aromatic carbocycles. The minimum Gasteiger partial charge on any atom is -0.481 e. The van der Waals surface area contributed by atoms with E-state index in [4.69, 9.17) is 0 Å². The summed E-state index contributed by atoms with van der Waals surface area (Å²) in [6.45, 7) is 0. The van der Waals surface area contributed by atoms with Crippen molar-refractivity contribution in [1.29, 1.82) is 0 Å². The predicted octanol–water partition coefficient (Wildman–Crippen LogP) is 2.56. The fourth-order valence-electron chi connectivity index (χ4n) is 4.96. The van der Waals surface area contributed by atoms with Gasteiger partial charge in [0.1, 0.15) is 5.41 Å². The summed E-state index contributed by atoms with van der Waals surface area (Å²) in [6.07, 6.45) is 6.83. The molecule has 0 amide bonds. The maximum atomic E-state index is 12.4. The predicted molar refractivity (Wildman–Crippen MR) is 86.2 cm³/mol. The molecular formula is C16H26O7S. The molecule has 7 nitrogen and oxygen atoms in total. The maximum Gasteiger partial charge on any atom is 0.325 e. The van der Waals surface area contributed by atoms with Gasteiger partial charge in [-0.2, -0.15) is 8.42 Å². The van der Waals surface area contributed by atoms with Crippen LogP contribution in [-0.4, -0.2) is 40.4 Å². The number of aliphatic carboxylic acids is 2. The number of carbonyl (C=O) groups is 2. The minimum atomic E-state index is -5.05. The van der Waals surface area contributed by atoms with Crippen LogP contribution in [0.5, 0.6) is 0 Å². The van der Waals surface area contributed by atoms with Gasteiger partial charge in [0.2, 0.25) is 0 Å². The lowest BCUT2D eigenvalue weighted by Gasteiger charge is -2.47. The Labute approximate surface area is 142 Å². The van der Waals surface area contributed by atoms with Gasteiger partial charge in [0.25, 0.3) is 10.1 Å². The van der Waals surface area contributed by atoms with Crippen LogP contribution in [0.1, 0.15) is 64.2 Å². The molecule has 2 aliphatic carbocycles. The van der Waals surface area contributed by atoms with Crippen LogP contribution in [0.3, 0.4) is 0 Å². The smallest absolute Gasteiger partial charge is 0.325 e. The van der Waals surface area contributed by atoms with E-state index in [-0.39, 0.29) is 0 Å². The molecule has 2 saturated carbocycles. The van der Waals surface area contributed by atoms with Gasteiger partial charge in [-0.05, 0) is 37.5 Å². The van der Waals surface area contributed by atoms with Gasteiger partial charge in [-0.25, -0.2) is 0 Å². The summed E-state index contributed by atoms with van der Waals surface area (Å²) in [4.78, 5) is 24.2. The number of hydrogen-bond acceptors (Lipinski definition) is 4. The highest BCUT2D eigenvalue weighted by Crippen LogP contribution is 2.53. The lowest BCUT2D eigenvalue weighted by Crippen LogP contribution is -2.59. The molecule has 0 heterocycles. The van der Waals surface area contributed by atoms with Gasteiger partial charge in [-0.15, -0.1) is 0 Å². The Morgan fingerprint density at radius 2 is 1.21 bits per heavy atom. The van der Waals surface area contributed by atoms with Gasteiger partial charge in [0, 0.05) is 0 Å². The van der Waals surface area contributed by atoms with Crippen molar-refractivity contribution in [3.63, 3.8) is 0 Å². The fourth-order valence-corrected chi connectivity index (χ4v) is 6.19. The lowest BCUT2D eigenvalue weighted by atomic mass is 9.57. The third kappa shape index (κ3) is 3.44. The first kappa shape index (κ1) is 19.2. The number of rotatable bonds is 6. The average Bonchev–Trinajstić information content (AvgIpc) is 2.52. The van der Waals surface area contributed by atoms with E-state index < -0.39 is 44.6 Å². The molecule has 24 heavy (non-hydrogen) atoms. The van der Waals surface area contributed by atoms with Crippen LogP contribution in [0.15, 0.2) is 0 Å². The Kier molecular flexibility index (Phi) is 5.91. The molecule has 2 fully saturated rings. The average molecular weight is 362 g/mol. The highest BCUT2D eigenvalue weighted by molar-refractivity contribution is 7.87. The molecule has 0 saturated heterocycles. The van der Waals surface area contributed by atoms with Crippen molar-refractivity contribution >= 4 is 22.1 Å². The van der Waals surface area contributed by atoms with E-state index in [1.807, 2.05) is 0 Å². The van der Waals surface area contributed by atoms with Crippen LogP contribution in [-0.2, 0) is 19.7 Å². The van der Waals surface area contributed by atoms with Crippen molar-refractivity contribution < 1.29 is 32.8 Å². The largest absolute Gasteiger partial charge is 0.481 e. The van der Waals surface area contributed by atoms with E-state index in [9.17, 15) is 32.8 Å². The Morgan fingerprint density at radius 3 is 1.46 bits per heavy atom. The number of carboxylic acid groups (broad SMARTS) is 2. The standard InChI is InChI=1S/C16H26O7S/c17-14(18)13(24(21,22)23)16(15(19)20,11-7-3-1-4-8-11)12-9-5-2-6-10-12/h11-13H,1-10H2,(H,17,18)(H,19,20)(H,21,22,23). The van der Waals surface area contributed by atoms with Gasteiger partial charge >= 0.3 is 11.9 Å². The van der Waals surface area contributed by atoms with Crippen LogP contribution in [0, 0.1) is 17.3 Å². The topological polar surface area (TPSA) is 129 Å². The van der Waals surface area contributed by atoms with Crippen molar-refractivity contribution in [2.45, 2.75) is 69.5 Å². The maximum absolute atomic E-state index is 12.4. The van der Waals surface area contributed by atoms with Crippen molar-refractivity contribution in [2.24, 2.45) is 17.3 Å². The SMILES string of the molecule is O=C(O)C(C(C(=O)O)(C1CCCCC1)C1CCCCC1)S(=O)(=O)O. The Balaban J connectivity index is 2.63. The van der Waals surface area contributed by atoms with E-state index in [2.05, 4.69) is 0 Å². The number of hydrogen-bond donors (Lipinski definition) is 3. The number of carboxylic acids is 2. The molecule has 1 atom stereocenters. The molecule has 3 N–H and O–H groups in total. The molecule has 8 heteroatoms. The molecule has 0 aromatic heterocycles. The second-order valence-corrected chi connectivity index (χ2v) is 8.64. The Hall–Kier alpha value is -1.15. The summed E-state index contributed by atoms with van der Waals surface area (Å²) in [6, 6.07) is 0. The monoisotopic (exact) mass is 362 g/mol. The van der Waals surface area contributed by atoms with Crippen LogP contribution in [0.2, 0.25) is 0 Å². The lowest BCUT2D eigenvalue weighted by molar-refractivity contribution is -0.167. The molecule has 0 radical (unpaired) electrons. The zero-order valence-corrected chi connectivity index (χ0v) is 14.5. The van der Waals surface area contributed by atoms with E-state index >= 15 is 0 Å². The molecular weight excluding hydrogens is 336 g/mol. The molecule has 2 aliphatic rings. The molecule has 2 rings (SSSR count). The minimum absolute atomic E-state index is 0.488. The first-order chi connectivity index (χ1) is 11.2. The van der Waals surface area contributed by atoms with Crippen molar-refractivity contribution in [1.82, 2.24) is 0 Å². The molecule has 0 aromatic rings. The van der Waals surface area contributed by atoms with Crippen LogP contribution < -0.4 is 0 Å².